The molecule has 0 fully saturated rings. The first-order chi connectivity index (χ1) is 14.9. The number of non-ortho nitro benzene ring substituents is 1. The number of nitro groups is 1. The van der Waals surface area contributed by atoms with Crippen molar-refractivity contribution in [1.29, 1.82) is 0 Å². The topological polar surface area (TPSA) is 111 Å². The summed E-state index contributed by atoms with van der Waals surface area (Å²) >= 11 is 5.75. The van der Waals surface area contributed by atoms with Crippen molar-refractivity contribution < 1.29 is 35.6 Å². The standard InChI is InChI=1S/C18H10ClF4N3O5S/c19-14-7-10(18(21,22)23)9-24-17(14)31-12-2-4-13(5-3-12)32(29,30)25-16-8-11(26(27)28)1-6-15(16)20/h1-9,25H. The molecule has 2 aromatic carbocycles. The molecule has 0 spiro atoms. The van der Waals surface area contributed by atoms with Crippen LogP contribution < -0.4 is 9.46 Å². The average Bonchev–Trinajstić information content (AvgIpc) is 2.70. The third-order valence-corrected chi connectivity index (χ3v) is 5.54. The number of halogens is 5. The second kappa shape index (κ2) is 8.59. The Morgan fingerprint density at radius 3 is 2.31 bits per heavy atom. The monoisotopic (exact) mass is 491 g/mol. The molecule has 0 aliphatic rings. The maximum absolute atomic E-state index is 13.9. The highest BCUT2D eigenvalue weighted by atomic mass is 35.5. The van der Waals surface area contributed by atoms with Crippen molar-refractivity contribution >= 4 is 33.0 Å². The number of alkyl halides is 3. The molecule has 0 aliphatic carbocycles. The molecule has 0 unspecified atom stereocenters. The van der Waals surface area contributed by atoms with E-state index in [0.717, 1.165) is 42.5 Å². The van der Waals surface area contributed by atoms with Crippen LogP contribution in [0.2, 0.25) is 5.02 Å². The van der Waals surface area contributed by atoms with Crippen molar-refractivity contribution in [3.8, 4) is 11.6 Å². The molecule has 0 bridgehead atoms. The van der Waals surface area contributed by atoms with E-state index < -0.39 is 48.9 Å². The SMILES string of the molecule is O=[N+]([O-])c1ccc(F)c(NS(=O)(=O)c2ccc(Oc3ncc(C(F)(F)F)cc3Cl)cc2)c1. The summed E-state index contributed by atoms with van der Waals surface area (Å²) < 4.78 is 84.0. The Bertz CT molecular complexity index is 1280. The van der Waals surface area contributed by atoms with Gasteiger partial charge in [-0.15, -0.1) is 0 Å². The fraction of sp³-hybridized carbons (Fsp3) is 0.0556. The van der Waals surface area contributed by atoms with E-state index in [9.17, 15) is 36.1 Å². The fourth-order valence-corrected chi connectivity index (χ4v) is 3.63. The van der Waals surface area contributed by atoms with Crippen LogP contribution in [0.5, 0.6) is 11.6 Å². The highest BCUT2D eigenvalue weighted by molar-refractivity contribution is 7.92. The number of benzene rings is 2. The van der Waals surface area contributed by atoms with E-state index in [1.54, 1.807) is 0 Å². The van der Waals surface area contributed by atoms with Crippen molar-refractivity contribution in [2.45, 2.75) is 11.1 Å². The van der Waals surface area contributed by atoms with Crippen molar-refractivity contribution in [1.82, 2.24) is 4.98 Å². The van der Waals surface area contributed by atoms with Crippen LogP contribution in [0.25, 0.3) is 0 Å². The number of sulfonamides is 1. The minimum Gasteiger partial charge on any atom is -0.438 e. The minimum atomic E-state index is -4.64. The van der Waals surface area contributed by atoms with Crippen molar-refractivity contribution in [3.63, 3.8) is 0 Å². The predicted octanol–water partition coefficient (Wildman–Crippen LogP) is 5.39. The Hall–Kier alpha value is -3.45. The summed E-state index contributed by atoms with van der Waals surface area (Å²) in [6, 6.07) is 7.41. The van der Waals surface area contributed by atoms with Gasteiger partial charge in [-0.05, 0) is 36.4 Å². The maximum atomic E-state index is 13.9. The number of nitro benzene ring substituents is 1. The van der Waals surface area contributed by atoms with Crippen LogP contribution >= 0.6 is 11.6 Å². The summed E-state index contributed by atoms with van der Waals surface area (Å²) in [5, 5.41) is 10.4. The van der Waals surface area contributed by atoms with Gasteiger partial charge in [-0.1, -0.05) is 11.6 Å². The molecule has 0 atom stereocenters. The van der Waals surface area contributed by atoms with E-state index in [1.807, 2.05) is 4.72 Å². The van der Waals surface area contributed by atoms with E-state index in [0.29, 0.717) is 12.3 Å². The molecule has 0 saturated carbocycles. The third-order valence-electron chi connectivity index (χ3n) is 3.89. The van der Waals surface area contributed by atoms with E-state index in [2.05, 4.69) is 4.98 Å². The molecule has 0 radical (unpaired) electrons. The van der Waals surface area contributed by atoms with E-state index in [1.165, 1.54) is 0 Å². The van der Waals surface area contributed by atoms with E-state index in [-0.39, 0.29) is 16.5 Å². The van der Waals surface area contributed by atoms with Crippen molar-refractivity contribution in [2.75, 3.05) is 4.72 Å². The summed E-state index contributed by atoms with van der Waals surface area (Å²) in [6.07, 6.45) is -4.12. The van der Waals surface area contributed by atoms with Crippen molar-refractivity contribution in [2.24, 2.45) is 0 Å². The first-order valence-electron chi connectivity index (χ1n) is 8.34. The van der Waals surface area contributed by atoms with Gasteiger partial charge in [-0.25, -0.2) is 17.8 Å². The molecular formula is C18H10ClF4N3O5S. The highest BCUT2D eigenvalue weighted by Gasteiger charge is 2.31. The van der Waals surface area contributed by atoms with Crippen LogP contribution in [0.1, 0.15) is 5.56 Å². The van der Waals surface area contributed by atoms with E-state index >= 15 is 0 Å². The molecule has 32 heavy (non-hydrogen) atoms. The van der Waals surface area contributed by atoms with Gasteiger partial charge in [0.15, 0.2) is 0 Å². The van der Waals surface area contributed by atoms with Gasteiger partial charge in [0, 0.05) is 18.3 Å². The molecule has 0 amide bonds. The second-order valence-electron chi connectivity index (χ2n) is 6.11. The fourth-order valence-electron chi connectivity index (χ4n) is 2.36. The van der Waals surface area contributed by atoms with Gasteiger partial charge in [-0.3, -0.25) is 14.8 Å². The van der Waals surface area contributed by atoms with Gasteiger partial charge < -0.3 is 4.74 Å². The lowest BCUT2D eigenvalue weighted by Gasteiger charge is -2.11. The normalized spacial score (nSPS) is 11.8. The molecular weight excluding hydrogens is 482 g/mol. The zero-order chi connectivity index (χ0) is 23.7. The number of pyridine rings is 1. The number of nitrogens with zero attached hydrogens (tertiary/aromatic N) is 2. The van der Waals surface area contributed by atoms with E-state index in [4.69, 9.17) is 16.3 Å². The number of hydrogen-bond donors (Lipinski definition) is 1. The molecule has 14 heteroatoms. The summed E-state index contributed by atoms with van der Waals surface area (Å²) in [6.45, 7) is 0. The van der Waals surface area contributed by atoms with Crippen LogP contribution in [0.4, 0.5) is 28.9 Å². The molecule has 3 rings (SSSR count). The first kappa shape index (κ1) is 23.2. The van der Waals surface area contributed by atoms with Crippen LogP contribution in [-0.2, 0) is 16.2 Å². The van der Waals surface area contributed by atoms with Gasteiger partial charge in [0.05, 0.1) is 21.1 Å². The zero-order valence-electron chi connectivity index (χ0n) is 15.4. The minimum absolute atomic E-state index is 0.000335. The van der Waals surface area contributed by atoms with Gasteiger partial charge in [-0.2, -0.15) is 13.2 Å². The summed E-state index contributed by atoms with van der Waals surface area (Å²) in [4.78, 5) is 13.1. The first-order valence-corrected chi connectivity index (χ1v) is 10.2. The smallest absolute Gasteiger partial charge is 0.417 e. The second-order valence-corrected chi connectivity index (χ2v) is 8.20. The Morgan fingerprint density at radius 2 is 1.75 bits per heavy atom. The lowest BCUT2D eigenvalue weighted by molar-refractivity contribution is -0.384. The quantitative estimate of drug-likeness (QED) is 0.281. The molecule has 1 aromatic heterocycles. The number of rotatable bonds is 6. The summed E-state index contributed by atoms with van der Waals surface area (Å²) in [7, 11) is -4.33. The van der Waals surface area contributed by atoms with Crippen LogP contribution in [0, 0.1) is 15.9 Å². The number of nitrogens with one attached hydrogen (secondary N) is 1. The van der Waals surface area contributed by atoms with Gasteiger partial charge >= 0.3 is 6.18 Å². The third kappa shape index (κ3) is 5.23. The molecule has 1 heterocycles. The molecule has 1 N–H and O–H groups in total. The van der Waals surface area contributed by atoms with Gasteiger partial charge in [0.25, 0.3) is 15.7 Å². The summed E-state index contributed by atoms with van der Waals surface area (Å²) in [5.41, 5.74) is -2.22. The number of ether oxygens (including phenoxy) is 1. The average molecular weight is 492 g/mol. The largest absolute Gasteiger partial charge is 0.438 e. The highest BCUT2D eigenvalue weighted by Crippen LogP contribution is 2.35. The molecule has 0 saturated heterocycles. The number of aromatic nitrogens is 1. The zero-order valence-corrected chi connectivity index (χ0v) is 17.0. The van der Waals surface area contributed by atoms with Gasteiger partial charge in [0.1, 0.15) is 16.6 Å². The van der Waals surface area contributed by atoms with Crippen LogP contribution in [0.3, 0.4) is 0 Å². The summed E-state index contributed by atoms with van der Waals surface area (Å²) in [5.74, 6) is -1.37. The number of anilines is 1. The van der Waals surface area contributed by atoms with Crippen LogP contribution in [-0.4, -0.2) is 18.3 Å². The molecule has 3 aromatic rings. The molecule has 8 nitrogen and oxygen atoms in total. The van der Waals surface area contributed by atoms with Crippen molar-refractivity contribution in [3.05, 3.63) is 81.2 Å². The number of hydrogen-bond acceptors (Lipinski definition) is 6. The molecule has 0 aliphatic heterocycles. The van der Waals surface area contributed by atoms with Crippen LogP contribution in [0.15, 0.2) is 59.6 Å². The Balaban J connectivity index is 1.80. The Morgan fingerprint density at radius 1 is 1.09 bits per heavy atom. The van der Waals surface area contributed by atoms with Gasteiger partial charge in [0.2, 0.25) is 5.88 Å². The predicted molar refractivity (Wildman–Crippen MR) is 105 cm³/mol. The lowest BCUT2D eigenvalue weighted by atomic mass is 10.3. The molecule has 168 valence electrons. The maximum Gasteiger partial charge on any atom is 0.417 e. The Kier molecular flexibility index (Phi) is 6.23. The lowest BCUT2D eigenvalue weighted by Crippen LogP contribution is -2.14. The Labute approximate surface area is 182 Å².